The topological polar surface area (TPSA) is 113 Å². The number of nitro groups is 1. The molecule has 0 aliphatic carbocycles. The first-order valence-corrected chi connectivity index (χ1v) is 11.5. The van der Waals surface area contributed by atoms with Gasteiger partial charge >= 0.3 is 0 Å². The number of piperazine rings is 1. The fraction of sp³-hybridized carbons (Fsp3) is 0.350. The quantitative estimate of drug-likeness (QED) is 0.517. The average Bonchev–Trinajstić information content (AvgIpc) is 2.75. The molecular weight excluding hydrogens is 444 g/mol. The Hall–Kier alpha value is -2.53. The van der Waals surface area contributed by atoms with Crippen LogP contribution in [0.3, 0.4) is 0 Å². The first kappa shape index (κ1) is 23.1. The van der Waals surface area contributed by atoms with Crippen molar-refractivity contribution in [3.05, 3.63) is 63.2 Å². The number of para-hydroxylation sites is 1. The second-order valence-corrected chi connectivity index (χ2v) is 9.63. The number of nitro benzene ring substituents is 1. The number of nitrogens with zero attached hydrogens (tertiary/aromatic N) is 3. The van der Waals surface area contributed by atoms with Gasteiger partial charge in [0.15, 0.2) is 4.90 Å². The Morgan fingerprint density at radius 3 is 2.45 bits per heavy atom. The third-order valence-electron chi connectivity index (χ3n) is 5.34. The maximum atomic E-state index is 12.9. The molecule has 1 saturated heterocycles. The molecule has 1 atom stereocenters. The van der Waals surface area contributed by atoms with Crippen molar-refractivity contribution in [3.63, 3.8) is 0 Å². The van der Waals surface area contributed by atoms with Crippen LogP contribution in [0.2, 0.25) is 5.02 Å². The summed E-state index contributed by atoms with van der Waals surface area (Å²) >= 11 is 6.00. The van der Waals surface area contributed by atoms with Crippen LogP contribution in [-0.2, 0) is 14.8 Å². The normalized spacial score (nSPS) is 16.6. The van der Waals surface area contributed by atoms with Crippen LogP contribution in [0.15, 0.2) is 47.4 Å². The molecule has 0 spiro atoms. The summed E-state index contributed by atoms with van der Waals surface area (Å²) in [6, 6.07) is 10.0. The number of nitrogens with one attached hydrogen (secondary N) is 1. The predicted octanol–water partition coefficient (Wildman–Crippen LogP) is 2.89. The number of rotatable bonds is 6. The molecule has 9 nitrogen and oxygen atoms in total. The summed E-state index contributed by atoms with van der Waals surface area (Å²) in [6.45, 7) is 4.51. The highest BCUT2D eigenvalue weighted by atomic mass is 35.5. The second kappa shape index (κ2) is 9.31. The van der Waals surface area contributed by atoms with Crippen LogP contribution in [0.1, 0.15) is 12.5 Å². The Bertz CT molecular complexity index is 1100. The van der Waals surface area contributed by atoms with Gasteiger partial charge in [-0.25, -0.2) is 8.42 Å². The van der Waals surface area contributed by atoms with Crippen LogP contribution in [0.25, 0.3) is 0 Å². The van der Waals surface area contributed by atoms with E-state index in [-0.39, 0.29) is 23.9 Å². The zero-order valence-corrected chi connectivity index (χ0v) is 18.7. The smallest absolute Gasteiger partial charge is 0.289 e. The van der Waals surface area contributed by atoms with Crippen molar-refractivity contribution in [2.75, 3.05) is 31.5 Å². The highest BCUT2D eigenvalue weighted by Crippen LogP contribution is 2.27. The fourth-order valence-corrected chi connectivity index (χ4v) is 5.18. The van der Waals surface area contributed by atoms with Gasteiger partial charge in [0, 0.05) is 43.0 Å². The van der Waals surface area contributed by atoms with Crippen LogP contribution in [0, 0.1) is 17.0 Å². The van der Waals surface area contributed by atoms with Gasteiger partial charge in [0.1, 0.15) is 0 Å². The maximum Gasteiger partial charge on any atom is 0.289 e. The number of hydrogen-bond acceptors (Lipinski definition) is 6. The van der Waals surface area contributed by atoms with Crippen molar-refractivity contribution in [1.29, 1.82) is 0 Å². The maximum absolute atomic E-state index is 12.9. The molecule has 2 aromatic rings. The van der Waals surface area contributed by atoms with Gasteiger partial charge in [-0.15, -0.1) is 0 Å². The van der Waals surface area contributed by atoms with Gasteiger partial charge < -0.3 is 5.32 Å². The van der Waals surface area contributed by atoms with Gasteiger partial charge in [-0.3, -0.25) is 19.8 Å². The van der Waals surface area contributed by atoms with E-state index >= 15 is 0 Å². The summed E-state index contributed by atoms with van der Waals surface area (Å²) in [5.41, 5.74) is 1.06. The predicted molar refractivity (Wildman–Crippen MR) is 118 cm³/mol. The zero-order chi connectivity index (χ0) is 22.8. The van der Waals surface area contributed by atoms with Gasteiger partial charge in [0.05, 0.1) is 11.0 Å². The summed E-state index contributed by atoms with van der Waals surface area (Å²) in [5.74, 6) is -0.222. The monoisotopic (exact) mass is 466 g/mol. The van der Waals surface area contributed by atoms with E-state index in [2.05, 4.69) is 5.32 Å². The van der Waals surface area contributed by atoms with Crippen molar-refractivity contribution in [2.45, 2.75) is 24.8 Å². The average molecular weight is 467 g/mol. The van der Waals surface area contributed by atoms with E-state index in [1.165, 1.54) is 28.6 Å². The SMILES string of the molecule is Cc1ccc(Cl)cc1NC(=O)C(C)N1CCN(S(=O)(=O)c2ccccc2[N+](=O)[O-])CC1. The van der Waals surface area contributed by atoms with E-state index in [0.717, 1.165) is 5.56 Å². The molecule has 1 heterocycles. The second-order valence-electron chi connectivity index (χ2n) is 7.29. The van der Waals surface area contributed by atoms with E-state index in [0.29, 0.717) is 23.8 Å². The minimum atomic E-state index is -4.02. The number of carbonyl (C=O) groups excluding carboxylic acids is 1. The molecule has 1 N–H and O–H groups in total. The zero-order valence-electron chi connectivity index (χ0n) is 17.1. The Kier molecular flexibility index (Phi) is 6.95. The van der Waals surface area contributed by atoms with Crippen molar-refractivity contribution in [1.82, 2.24) is 9.21 Å². The van der Waals surface area contributed by atoms with Crippen LogP contribution in [-0.4, -0.2) is 60.7 Å². The molecule has 0 radical (unpaired) electrons. The van der Waals surface area contributed by atoms with Crippen LogP contribution in [0.5, 0.6) is 0 Å². The summed E-state index contributed by atoms with van der Waals surface area (Å²) in [6.07, 6.45) is 0. The Labute approximate surface area is 185 Å². The van der Waals surface area contributed by atoms with E-state index in [9.17, 15) is 23.3 Å². The summed E-state index contributed by atoms with van der Waals surface area (Å²) in [4.78, 5) is 24.8. The van der Waals surface area contributed by atoms with Gasteiger partial charge in [-0.1, -0.05) is 29.8 Å². The third kappa shape index (κ3) is 5.04. The number of hydrogen-bond donors (Lipinski definition) is 1. The first-order valence-electron chi connectivity index (χ1n) is 9.66. The van der Waals surface area contributed by atoms with Crippen molar-refractivity contribution in [2.24, 2.45) is 0 Å². The van der Waals surface area contributed by atoms with Gasteiger partial charge in [-0.05, 0) is 37.6 Å². The largest absolute Gasteiger partial charge is 0.324 e. The van der Waals surface area contributed by atoms with Gasteiger partial charge in [0.25, 0.3) is 5.69 Å². The third-order valence-corrected chi connectivity index (χ3v) is 7.52. The lowest BCUT2D eigenvalue weighted by Gasteiger charge is -2.36. The summed E-state index contributed by atoms with van der Waals surface area (Å²) in [5, 5.41) is 14.6. The molecular formula is C20H23ClN4O5S. The number of amides is 1. The van der Waals surface area contributed by atoms with Crippen LogP contribution < -0.4 is 5.32 Å². The standard InChI is InChI=1S/C20H23ClN4O5S/c1-14-7-8-16(21)13-17(14)22-20(26)15(2)23-9-11-24(12-10-23)31(29,30)19-6-4-3-5-18(19)25(27)28/h3-8,13,15H,9-12H2,1-2H3,(H,22,26). The van der Waals surface area contributed by atoms with E-state index in [1.54, 1.807) is 19.1 Å². The van der Waals surface area contributed by atoms with E-state index in [4.69, 9.17) is 11.6 Å². The molecule has 166 valence electrons. The lowest BCUT2D eigenvalue weighted by Crippen LogP contribution is -2.54. The molecule has 1 aliphatic rings. The molecule has 31 heavy (non-hydrogen) atoms. The molecule has 11 heteroatoms. The highest BCUT2D eigenvalue weighted by Gasteiger charge is 2.35. The number of anilines is 1. The number of benzene rings is 2. The molecule has 1 aliphatic heterocycles. The lowest BCUT2D eigenvalue weighted by atomic mass is 10.1. The summed E-state index contributed by atoms with van der Waals surface area (Å²) < 4.78 is 27.1. The van der Waals surface area contributed by atoms with Crippen LogP contribution in [0.4, 0.5) is 11.4 Å². The van der Waals surface area contributed by atoms with Crippen molar-refractivity contribution >= 4 is 38.9 Å². The number of sulfonamides is 1. The lowest BCUT2D eigenvalue weighted by molar-refractivity contribution is -0.387. The molecule has 0 saturated carbocycles. The molecule has 1 fully saturated rings. The van der Waals surface area contributed by atoms with E-state index in [1.807, 2.05) is 17.9 Å². The summed E-state index contributed by atoms with van der Waals surface area (Å²) in [7, 11) is -4.02. The Balaban J connectivity index is 1.67. The molecule has 3 rings (SSSR count). The molecule has 1 unspecified atom stereocenters. The van der Waals surface area contributed by atoms with Crippen LogP contribution >= 0.6 is 11.6 Å². The van der Waals surface area contributed by atoms with E-state index < -0.39 is 26.7 Å². The number of aryl methyl sites for hydroxylation is 1. The minimum Gasteiger partial charge on any atom is -0.324 e. The number of carbonyl (C=O) groups is 1. The Morgan fingerprint density at radius 2 is 1.81 bits per heavy atom. The number of halogens is 1. The van der Waals surface area contributed by atoms with Crippen molar-refractivity contribution in [3.8, 4) is 0 Å². The fourth-order valence-electron chi connectivity index (χ4n) is 3.43. The molecule has 1 amide bonds. The molecule has 0 aromatic heterocycles. The minimum absolute atomic E-state index is 0.127. The van der Waals surface area contributed by atoms with Gasteiger partial charge in [-0.2, -0.15) is 4.31 Å². The molecule has 2 aromatic carbocycles. The first-order chi connectivity index (χ1) is 14.6. The molecule has 0 bridgehead atoms. The van der Waals surface area contributed by atoms with Gasteiger partial charge in [0.2, 0.25) is 15.9 Å². The highest BCUT2D eigenvalue weighted by molar-refractivity contribution is 7.89. The van der Waals surface area contributed by atoms with Crippen molar-refractivity contribution < 1.29 is 18.1 Å². The Morgan fingerprint density at radius 1 is 1.16 bits per heavy atom.